The van der Waals surface area contributed by atoms with E-state index in [0.29, 0.717) is 6.42 Å². The number of aromatic amines is 1. The van der Waals surface area contributed by atoms with Gasteiger partial charge in [0, 0.05) is 12.3 Å². The quantitative estimate of drug-likeness (QED) is 0.373. The fourth-order valence-corrected chi connectivity index (χ4v) is 5.06. The Hall–Kier alpha value is -1.29. The number of aliphatic hydroxyl groups is 3. The van der Waals surface area contributed by atoms with Gasteiger partial charge in [-0.25, -0.2) is 4.79 Å². The zero-order valence-corrected chi connectivity index (χ0v) is 18.0. The van der Waals surface area contributed by atoms with E-state index in [1.165, 1.54) is 13.1 Å². The minimum absolute atomic E-state index is 0.0164. The average molecular weight is 434 g/mol. The fraction of sp³-hybridized carbons (Fsp3) is 0.778. The highest BCUT2D eigenvalue weighted by Gasteiger charge is 2.50. The summed E-state index contributed by atoms with van der Waals surface area (Å²) in [4.78, 5) is 35.7. The van der Waals surface area contributed by atoms with Crippen molar-refractivity contribution in [3.63, 3.8) is 0 Å². The van der Waals surface area contributed by atoms with Gasteiger partial charge in [-0.15, -0.1) is 0 Å². The van der Waals surface area contributed by atoms with Crippen LogP contribution in [0.5, 0.6) is 0 Å². The third-order valence-electron chi connectivity index (χ3n) is 6.04. The van der Waals surface area contributed by atoms with E-state index in [9.17, 15) is 34.4 Å². The summed E-state index contributed by atoms with van der Waals surface area (Å²) in [6, 6.07) is 0.391. The van der Waals surface area contributed by atoms with E-state index in [1.54, 1.807) is 20.8 Å². The lowest BCUT2D eigenvalue weighted by atomic mass is 9.87. The van der Waals surface area contributed by atoms with Crippen LogP contribution in [0.25, 0.3) is 0 Å². The lowest BCUT2D eigenvalue weighted by Crippen LogP contribution is -2.38. The van der Waals surface area contributed by atoms with Crippen molar-refractivity contribution in [2.24, 2.45) is 5.92 Å². The van der Waals surface area contributed by atoms with E-state index in [-0.39, 0.29) is 19.3 Å². The first-order valence-corrected chi connectivity index (χ1v) is 11.3. The van der Waals surface area contributed by atoms with Gasteiger partial charge in [0.2, 0.25) is 0 Å². The van der Waals surface area contributed by atoms with Gasteiger partial charge in [-0.1, -0.05) is 13.8 Å². The van der Waals surface area contributed by atoms with Crippen LogP contribution < -0.4 is 11.2 Å². The molecule has 29 heavy (non-hydrogen) atoms. The minimum Gasteiger partial charge on any atom is -0.390 e. The van der Waals surface area contributed by atoms with E-state index in [4.69, 9.17) is 4.52 Å². The molecule has 1 fully saturated rings. The van der Waals surface area contributed by atoms with Gasteiger partial charge >= 0.3 is 13.3 Å². The number of H-pyrrole nitrogens is 1. The molecular formula is C18H31N2O8P. The van der Waals surface area contributed by atoms with Crippen molar-refractivity contribution >= 4 is 7.60 Å². The van der Waals surface area contributed by atoms with Crippen molar-refractivity contribution in [2.45, 2.75) is 82.6 Å². The minimum atomic E-state index is -4.40. The number of nitrogens with one attached hydrogen (secondary N) is 1. The molecule has 2 rings (SSSR count). The first-order chi connectivity index (χ1) is 13.3. The highest BCUT2D eigenvalue weighted by atomic mass is 31.2. The van der Waals surface area contributed by atoms with Crippen LogP contribution in [-0.4, -0.2) is 52.9 Å². The van der Waals surface area contributed by atoms with Crippen LogP contribution in [-0.2, 0) is 9.09 Å². The number of hydrogen-bond acceptors (Lipinski definition) is 7. The number of aliphatic hydroxyl groups excluding tert-OH is 2. The normalized spacial score (nSPS) is 31.0. The number of aromatic nitrogens is 2. The molecule has 166 valence electrons. The summed E-state index contributed by atoms with van der Waals surface area (Å²) in [5, 5.41) is 29.3. The highest BCUT2D eigenvalue weighted by molar-refractivity contribution is 7.54. The van der Waals surface area contributed by atoms with Crippen molar-refractivity contribution in [3.8, 4) is 0 Å². The molecule has 0 amide bonds. The predicted octanol–water partition coefficient (Wildman–Crippen LogP) is 0.699. The SMILES string of the molecule is CCC(C)(C[C@H]1CC(n2ccc(=O)[nH]c2=O)[C@H](O)[C@@H]1O)OP(=O)(O)[C@@](C)(O)CC. The molecule has 1 aromatic rings. The van der Waals surface area contributed by atoms with Gasteiger partial charge in [-0.05, 0) is 45.4 Å². The van der Waals surface area contributed by atoms with E-state index in [0.717, 1.165) is 10.6 Å². The molecule has 10 nitrogen and oxygen atoms in total. The zero-order valence-electron chi connectivity index (χ0n) is 17.1. The molecule has 5 N–H and O–H groups in total. The van der Waals surface area contributed by atoms with Crippen LogP contribution in [0.4, 0.5) is 0 Å². The summed E-state index contributed by atoms with van der Waals surface area (Å²) < 4.78 is 19.3. The Morgan fingerprint density at radius 1 is 1.24 bits per heavy atom. The Kier molecular flexibility index (Phi) is 6.99. The first-order valence-electron chi connectivity index (χ1n) is 9.70. The van der Waals surface area contributed by atoms with E-state index in [1.807, 2.05) is 0 Å². The molecule has 1 saturated carbocycles. The van der Waals surface area contributed by atoms with Gasteiger partial charge in [-0.3, -0.25) is 18.9 Å². The predicted molar refractivity (Wildman–Crippen MR) is 106 cm³/mol. The third kappa shape index (κ3) is 4.90. The Balaban J connectivity index is 2.24. The van der Waals surface area contributed by atoms with Crippen LogP contribution in [0.2, 0.25) is 0 Å². The topological polar surface area (TPSA) is 162 Å². The molecule has 0 spiro atoms. The molecule has 0 aliphatic heterocycles. The molecule has 1 aliphatic rings. The highest BCUT2D eigenvalue weighted by Crippen LogP contribution is 2.59. The molecular weight excluding hydrogens is 403 g/mol. The second-order valence-corrected chi connectivity index (χ2v) is 10.4. The average Bonchev–Trinajstić information content (AvgIpc) is 2.89. The van der Waals surface area contributed by atoms with Crippen molar-refractivity contribution in [1.29, 1.82) is 0 Å². The lowest BCUT2D eigenvalue weighted by molar-refractivity contribution is -0.0266. The van der Waals surface area contributed by atoms with E-state index < -0.39 is 54.0 Å². The van der Waals surface area contributed by atoms with Crippen molar-refractivity contribution < 1.29 is 29.3 Å². The monoisotopic (exact) mass is 434 g/mol. The summed E-state index contributed by atoms with van der Waals surface area (Å²) in [7, 11) is -4.40. The maximum absolute atomic E-state index is 12.6. The van der Waals surface area contributed by atoms with Crippen LogP contribution >= 0.6 is 7.60 Å². The number of nitrogens with zero attached hydrogens (tertiary/aromatic N) is 1. The Morgan fingerprint density at radius 3 is 2.38 bits per heavy atom. The van der Waals surface area contributed by atoms with Gasteiger partial charge in [0.05, 0.1) is 17.7 Å². The zero-order chi connectivity index (χ0) is 22.2. The molecule has 1 heterocycles. The van der Waals surface area contributed by atoms with Gasteiger partial charge in [0.25, 0.3) is 5.56 Å². The summed E-state index contributed by atoms with van der Waals surface area (Å²) in [6.07, 6.45) is -0.529. The molecule has 7 atom stereocenters. The summed E-state index contributed by atoms with van der Waals surface area (Å²) in [5.74, 6) is -0.537. The Labute approximate surface area is 168 Å². The molecule has 0 saturated heterocycles. The maximum Gasteiger partial charge on any atom is 0.359 e. The third-order valence-corrected chi connectivity index (χ3v) is 8.27. The van der Waals surface area contributed by atoms with Crippen molar-refractivity contribution in [1.82, 2.24) is 9.55 Å². The van der Waals surface area contributed by atoms with E-state index in [2.05, 4.69) is 4.98 Å². The molecule has 3 unspecified atom stereocenters. The molecule has 0 bridgehead atoms. The Morgan fingerprint density at radius 2 is 1.86 bits per heavy atom. The van der Waals surface area contributed by atoms with Crippen molar-refractivity contribution in [2.75, 3.05) is 0 Å². The molecule has 0 radical (unpaired) electrons. The van der Waals surface area contributed by atoms with Crippen LogP contribution in [0.3, 0.4) is 0 Å². The number of hydrogen-bond donors (Lipinski definition) is 5. The standard InChI is InChI=1S/C18H31N2O8P/c1-5-17(3,28-29(26,27)18(4,25)6-2)10-11-9-12(15(23)14(11)22)20-8-7-13(21)19-16(20)24/h7-8,11-12,14-15,22-23,25H,5-6,9-10H2,1-4H3,(H,26,27)(H,19,21,24)/t11-,12?,14-,15+,17?,18-/m1/s1. The molecule has 1 aliphatic carbocycles. The Bertz CT molecular complexity index is 881. The van der Waals surface area contributed by atoms with Crippen molar-refractivity contribution in [3.05, 3.63) is 33.1 Å². The van der Waals surface area contributed by atoms with Gasteiger partial charge in [0.15, 0.2) is 5.34 Å². The van der Waals surface area contributed by atoms with Gasteiger partial charge in [0.1, 0.15) is 6.10 Å². The molecule has 11 heteroatoms. The lowest BCUT2D eigenvalue weighted by Gasteiger charge is -2.37. The molecule has 0 aromatic carbocycles. The van der Waals surface area contributed by atoms with Crippen LogP contribution in [0, 0.1) is 5.92 Å². The van der Waals surface area contributed by atoms with Crippen LogP contribution in [0.15, 0.2) is 21.9 Å². The van der Waals surface area contributed by atoms with Gasteiger partial charge < -0.3 is 24.7 Å². The summed E-state index contributed by atoms with van der Waals surface area (Å²) in [5.41, 5.74) is -2.41. The summed E-state index contributed by atoms with van der Waals surface area (Å²) in [6.45, 7) is 6.16. The second kappa shape index (κ2) is 8.45. The second-order valence-electron chi connectivity index (χ2n) is 8.25. The smallest absolute Gasteiger partial charge is 0.359 e. The van der Waals surface area contributed by atoms with Gasteiger partial charge in [-0.2, -0.15) is 0 Å². The van der Waals surface area contributed by atoms with Crippen LogP contribution in [0.1, 0.15) is 59.4 Å². The van der Waals surface area contributed by atoms with E-state index >= 15 is 0 Å². The molecule has 1 aromatic heterocycles. The fourth-order valence-electron chi connectivity index (χ4n) is 3.66. The number of rotatable bonds is 8. The first kappa shape index (κ1) is 24.0. The summed E-state index contributed by atoms with van der Waals surface area (Å²) >= 11 is 0. The maximum atomic E-state index is 12.6. The largest absolute Gasteiger partial charge is 0.390 e.